The maximum absolute atomic E-state index is 12.6. The molecule has 0 radical (unpaired) electrons. The summed E-state index contributed by atoms with van der Waals surface area (Å²) in [5.41, 5.74) is 3.90. The van der Waals surface area contributed by atoms with Gasteiger partial charge in [-0.15, -0.1) is 0 Å². The van der Waals surface area contributed by atoms with Crippen LogP contribution in [0.1, 0.15) is 39.3 Å². The number of hydrogen-bond donors (Lipinski definition) is 1. The molecule has 1 N–H and O–H groups in total. The largest absolute Gasteiger partial charge is 0.355 e. The van der Waals surface area contributed by atoms with Gasteiger partial charge in [-0.25, -0.2) is 9.78 Å². The van der Waals surface area contributed by atoms with Crippen molar-refractivity contribution in [2.24, 2.45) is 12.5 Å². The molecule has 6 nitrogen and oxygen atoms in total. The number of rotatable bonds is 3. The van der Waals surface area contributed by atoms with Crippen LogP contribution in [0.5, 0.6) is 0 Å². The number of nitrogens with zero attached hydrogens (tertiary/aromatic N) is 3. The lowest BCUT2D eigenvalue weighted by Crippen LogP contribution is -2.27. The van der Waals surface area contributed by atoms with E-state index in [0.717, 1.165) is 35.2 Å². The maximum Gasteiger partial charge on any atom is 0.330 e. The summed E-state index contributed by atoms with van der Waals surface area (Å²) in [7, 11) is 3.39. The van der Waals surface area contributed by atoms with E-state index in [1.807, 2.05) is 18.2 Å². The minimum Gasteiger partial charge on any atom is -0.355 e. The number of fused-ring (bicyclic) bond motifs is 1. The molecule has 26 heavy (non-hydrogen) atoms. The van der Waals surface area contributed by atoms with Crippen molar-refractivity contribution < 1.29 is 4.79 Å². The van der Waals surface area contributed by atoms with E-state index in [1.165, 1.54) is 0 Å². The molecule has 0 aliphatic heterocycles. The first-order chi connectivity index (χ1) is 12.2. The van der Waals surface area contributed by atoms with Gasteiger partial charge in [0, 0.05) is 26.2 Å². The molecule has 1 aliphatic rings. The minimum absolute atomic E-state index is 0.00612. The Kier molecular flexibility index (Phi) is 4.61. The highest BCUT2D eigenvalue weighted by molar-refractivity contribution is 5.97. The van der Waals surface area contributed by atoms with E-state index in [0.29, 0.717) is 12.2 Å². The number of aryl methyl sites for hydroxylation is 1. The number of imidazole rings is 1. The smallest absolute Gasteiger partial charge is 0.330 e. The lowest BCUT2D eigenvalue weighted by Gasteiger charge is -2.18. The standard InChI is InChI=1S/C20H26N4O2/c1-20(2,3)12-24-16-10-9-15(22-17(16)23(5)19(24)26)13-7-6-8-14(11-13)18(25)21-4/h7,9-11H,6,8,12H2,1-5H3,(H,21,25). The molecule has 0 unspecified atom stereocenters. The van der Waals surface area contributed by atoms with Crippen LogP contribution >= 0.6 is 0 Å². The normalized spacial score (nSPS) is 15.0. The van der Waals surface area contributed by atoms with Crippen LogP contribution in [0.3, 0.4) is 0 Å². The number of aromatic nitrogens is 3. The molecule has 0 fully saturated rings. The third kappa shape index (κ3) is 3.36. The van der Waals surface area contributed by atoms with Crippen LogP contribution in [0.2, 0.25) is 0 Å². The van der Waals surface area contributed by atoms with E-state index < -0.39 is 0 Å². The van der Waals surface area contributed by atoms with Crippen molar-refractivity contribution >= 4 is 22.6 Å². The van der Waals surface area contributed by atoms with Crippen molar-refractivity contribution in [3.05, 3.63) is 46.0 Å². The molecule has 3 rings (SSSR count). The van der Waals surface area contributed by atoms with E-state index in [4.69, 9.17) is 4.98 Å². The van der Waals surface area contributed by atoms with Gasteiger partial charge in [0.2, 0.25) is 5.91 Å². The Morgan fingerprint density at radius 2 is 2.04 bits per heavy atom. The number of likely N-dealkylation sites (N-methyl/N-ethyl adjacent to an activating group) is 1. The summed E-state index contributed by atoms with van der Waals surface area (Å²) in [5, 5.41) is 2.67. The van der Waals surface area contributed by atoms with Crippen molar-refractivity contribution in [1.82, 2.24) is 19.4 Å². The number of pyridine rings is 1. The zero-order valence-electron chi connectivity index (χ0n) is 16.1. The molecule has 1 aliphatic carbocycles. The second-order valence-electron chi connectivity index (χ2n) is 7.97. The quantitative estimate of drug-likeness (QED) is 0.921. The predicted molar refractivity (Wildman–Crippen MR) is 104 cm³/mol. The van der Waals surface area contributed by atoms with E-state index in [9.17, 15) is 9.59 Å². The Morgan fingerprint density at radius 3 is 2.69 bits per heavy atom. The molecule has 0 atom stereocenters. The van der Waals surface area contributed by atoms with E-state index in [2.05, 4.69) is 32.2 Å². The summed E-state index contributed by atoms with van der Waals surface area (Å²) in [5.74, 6) is -0.0552. The van der Waals surface area contributed by atoms with Crippen molar-refractivity contribution in [3.63, 3.8) is 0 Å². The van der Waals surface area contributed by atoms with Gasteiger partial charge in [-0.2, -0.15) is 0 Å². The molecular weight excluding hydrogens is 328 g/mol. The van der Waals surface area contributed by atoms with Crippen LogP contribution in [-0.2, 0) is 18.4 Å². The van der Waals surface area contributed by atoms with Crippen LogP contribution in [0.25, 0.3) is 16.7 Å². The van der Waals surface area contributed by atoms with Gasteiger partial charge >= 0.3 is 5.69 Å². The molecule has 0 aromatic carbocycles. The number of carbonyl (C=O) groups is 1. The topological polar surface area (TPSA) is 68.9 Å². The van der Waals surface area contributed by atoms with Gasteiger partial charge in [-0.1, -0.05) is 26.8 Å². The average molecular weight is 354 g/mol. The highest BCUT2D eigenvalue weighted by Crippen LogP contribution is 2.26. The summed E-state index contributed by atoms with van der Waals surface area (Å²) in [6.07, 6.45) is 5.51. The molecule has 0 saturated heterocycles. The maximum atomic E-state index is 12.6. The molecule has 1 amide bonds. The first-order valence-corrected chi connectivity index (χ1v) is 8.91. The third-order valence-corrected chi connectivity index (χ3v) is 4.54. The predicted octanol–water partition coefficient (Wildman–Crippen LogP) is 2.63. The lowest BCUT2D eigenvalue weighted by molar-refractivity contribution is -0.117. The zero-order chi connectivity index (χ0) is 19.1. The Balaban J connectivity index is 2.07. The van der Waals surface area contributed by atoms with Gasteiger partial charge in [-0.3, -0.25) is 13.9 Å². The summed E-state index contributed by atoms with van der Waals surface area (Å²) >= 11 is 0. The molecule has 0 spiro atoms. The number of nitrogens with one attached hydrogen (secondary N) is 1. The van der Waals surface area contributed by atoms with Gasteiger partial charge < -0.3 is 5.32 Å². The van der Waals surface area contributed by atoms with Crippen LogP contribution in [-0.4, -0.2) is 27.1 Å². The summed E-state index contributed by atoms with van der Waals surface area (Å²) in [6, 6.07) is 3.88. The molecule has 2 aromatic rings. The Labute approximate surface area is 153 Å². The van der Waals surface area contributed by atoms with Crippen molar-refractivity contribution in [1.29, 1.82) is 0 Å². The molecule has 138 valence electrons. The first kappa shape index (κ1) is 18.2. The van der Waals surface area contributed by atoms with Crippen molar-refractivity contribution in [2.75, 3.05) is 7.05 Å². The minimum atomic E-state index is -0.0567. The second-order valence-corrected chi connectivity index (χ2v) is 7.97. The van der Waals surface area contributed by atoms with Crippen LogP contribution in [0.4, 0.5) is 0 Å². The third-order valence-electron chi connectivity index (χ3n) is 4.54. The number of hydrogen-bond acceptors (Lipinski definition) is 3. The fourth-order valence-electron chi connectivity index (χ4n) is 3.28. The van der Waals surface area contributed by atoms with Gasteiger partial charge in [0.05, 0.1) is 11.2 Å². The SMILES string of the molecule is CNC(=O)C1=CC(c2ccc3c(n2)n(C)c(=O)n3CC(C)(C)C)=CCC1. The van der Waals surface area contributed by atoms with Crippen molar-refractivity contribution in [3.8, 4) is 0 Å². The van der Waals surface area contributed by atoms with Crippen LogP contribution in [0.15, 0.2) is 34.7 Å². The molecule has 2 aromatic heterocycles. The fraction of sp³-hybridized carbons (Fsp3) is 0.450. The van der Waals surface area contributed by atoms with Crippen molar-refractivity contribution in [2.45, 2.75) is 40.2 Å². The molecule has 6 heteroatoms. The molecule has 2 heterocycles. The van der Waals surface area contributed by atoms with E-state index >= 15 is 0 Å². The van der Waals surface area contributed by atoms with E-state index in [1.54, 1.807) is 23.2 Å². The molecule has 0 saturated carbocycles. The highest BCUT2D eigenvalue weighted by Gasteiger charge is 2.20. The average Bonchev–Trinajstić information content (AvgIpc) is 2.84. The van der Waals surface area contributed by atoms with Crippen LogP contribution in [0, 0.1) is 5.41 Å². The number of allylic oxidation sites excluding steroid dienone is 3. The summed E-state index contributed by atoms with van der Waals surface area (Å²) in [6.45, 7) is 6.96. The van der Waals surface area contributed by atoms with Gasteiger partial charge in [0.15, 0.2) is 5.65 Å². The fourth-order valence-corrected chi connectivity index (χ4v) is 3.28. The number of amides is 1. The summed E-state index contributed by atoms with van der Waals surface area (Å²) < 4.78 is 3.38. The van der Waals surface area contributed by atoms with Gasteiger partial charge in [0.1, 0.15) is 0 Å². The number of carbonyl (C=O) groups excluding carboxylic acids is 1. The Morgan fingerprint density at radius 1 is 1.31 bits per heavy atom. The van der Waals surface area contributed by atoms with Gasteiger partial charge in [-0.05, 0) is 42.0 Å². The monoisotopic (exact) mass is 354 g/mol. The first-order valence-electron chi connectivity index (χ1n) is 8.91. The Bertz CT molecular complexity index is 984. The lowest BCUT2D eigenvalue weighted by atomic mass is 9.96. The highest BCUT2D eigenvalue weighted by atomic mass is 16.2. The summed E-state index contributed by atoms with van der Waals surface area (Å²) in [4.78, 5) is 29.3. The zero-order valence-corrected chi connectivity index (χ0v) is 16.1. The second kappa shape index (κ2) is 6.59. The Hall–Kier alpha value is -2.63. The van der Waals surface area contributed by atoms with Gasteiger partial charge in [0.25, 0.3) is 0 Å². The van der Waals surface area contributed by atoms with E-state index in [-0.39, 0.29) is 17.0 Å². The molecular formula is C20H26N4O2. The van der Waals surface area contributed by atoms with Crippen LogP contribution < -0.4 is 11.0 Å². The molecule has 0 bridgehead atoms.